The van der Waals surface area contributed by atoms with Crippen molar-refractivity contribution in [3.8, 4) is 0 Å². The fourth-order valence-electron chi connectivity index (χ4n) is 0.250. The van der Waals surface area contributed by atoms with Gasteiger partial charge in [0.05, 0.1) is 0 Å². The first-order chi connectivity index (χ1) is 2.41. The summed E-state index contributed by atoms with van der Waals surface area (Å²) >= 11 is 0. The van der Waals surface area contributed by atoms with E-state index in [0.717, 1.165) is 13.1 Å². The van der Waals surface area contributed by atoms with Gasteiger partial charge in [0, 0.05) is 0 Å². The van der Waals surface area contributed by atoms with E-state index in [1.54, 1.807) is 0 Å². The Morgan fingerprint density at radius 3 is 1.43 bits per heavy atom. The Morgan fingerprint density at radius 1 is 1.14 bits per heavy atom. The van der Waals surface area contributed by atoms with Crippen LogP contribution in [0.2, 0.25) is 0 Å². The second-order valence-electron chi connectivity index (χ2n) is 0.957. The molecular weight excluding hydrogens is 101 g/mol. The molecule has 2 nitrogen and oxygen atoms in total. The molecule has 0 heterocycles. The van der Waals surface area contributed by atoms with E-state index in [1.165, 1.54) is 0 Å². The maximum absolute atomic E-state index is 3.11. The minimum Gasteiger partial charge on any atom is -0.870 e. The van der Waals surface area contributed by atoms with Crippen molar-refractivity contribution in [1.29, 1.82) is 0 Å². The molecule has 0 fully saturated rings. The van der Waals surface area contributed by atoms with E-state index >= 15 is 0 Å². The van der Waals surface area contributed by atoms with Crippen LogP contribution in [0.25, 0.3) is 0 Å². The molecule has 0 aliphatic rings. The Labute approximate surface area is 67.3 Å². The van der Waals surface area contributed by atoms with Crippen molar-refractivity contribution in [3.63, 3.8) is 0 Å². The molecule has 0 aromatic rings. The molecule has 0 amide bonds. The molecule has 3 heteroatoms. The predicted molar refractivity (Wildman–Crippen MR) is 26.2 cm³/mol. The normalized spacial score (nSPS) is 6.00. The zero-order valence-electron chi connectivity index (χ0n) is 5.36. The predicted octanol–water partition coefficient (Wildman–Crippen LogP) is -2.56. The van der Waals surface area contributed by atoms with Gasteiger partial charge in [0.1, 0.15) is 0 Å². The minimum atomic E-state index is 0. The molecule has 7 heavy (non-hydrogen) atoms. The number of nitrogens with one attached hydrogen (secondary N) is 1. The molecule has 0 saturated carbocycles. The number of hydrogen-bond acceptors (Lipinski definition) is 2. The van der Waals surface area contributed by atoms with Crippen molar-refractivity contribution in [2.75, 3.05) is 13.1 Å². The first-order valence-electron chi connectivity index (χ1n) is 2.12. The van der Waals surface area contributed by atoms with Gasteiger partial charge in [-0.15, -0.1) is 0 Å². The van der Waals surface area contributed by atoms with Crippen molar-refractivity contribution in [2.45, 2.75) is 13.8 Å². The topological polar surface area (TPSA) is 42.0 Å². The van der Waals surface area contributed by atoms with Crippen LogP contribution in [0.3, 0.4) is 0 Å². The molecule has 0 aromatic carbocycles. The molecule has 0 aliphatic heterocycles. The quantitative estimate of drug-likeness (QED) is 0.400. The Balaban J connectivity index is -0.0000000800. The van der Waals surface area contributed by atoms with Gasteiger partial charge in [-0.3, -0.25) is 0 Å². The van der Waals surface area contributed by atoms with E-state index in [1.807, 2.05) is 0 Å². The van der Waals surface area contributed by atoms with E-state index in [2.05, 4.69) is 19.2 Å². The summed E-state index contributed by atoms with van der Waals surface area (Å²) in [6.07, 6.45) is 0. The van der Waals surface area contributed by atoms with E-state index in [0.29, 0.717) is 0 Å². The molecule has 0 atom stereocenters. The first kappa shape index (κ1) is 15.7. The minimum absolute atomic E-state index is 0. The summed E-state index contributed by atoms with van der Waals surface area (Å²) in [5, 5.41) is 3.11. The summed E-state index contributed by atoms with van der Waals surface area (Å²) in [5.74, 6) is 0. The maximum atomic E-state index is 3.11. The first-order valence-corrected chi connectivity index (χ1v) is 2.12. The van der Waals surface area contributed by atoms with Gasteiger partial charge in [0.15, 0.2) is 0 Å². The Kier molecular flexibility index (Phi) is 35.3. The second kappa shape index (κ2) is 15.8. The van der Waals surface area contributed by atoms with Crippen molar-refractivity contribution >= 4 is 0 Å². The average Bonchev–Trinajstić information content (AvgIpc) is 1.41. The van der Waals surface area contributed by atoms with Gasteiger partial charge >= 0.3 is 29.6 Å². The third kappa shape index (κ3) is 19.6. The second-order valence-corrected chi connectivity index (χ2v) is 0.957. The molecular formula is C4H12NNaO. The van der Waals surface area contributed by atoms with Crippen LogP contribution in [0.5, 0.6) is 0 Å². The van der Waals surface area contributed by atoms with E-state index in [9.17, 15) is 0 Å². The van der Waals surface area contributed by atoms with Gasteiger partial charge in [0.25, 0.3) is 0 Å². The summed E-state index contributed by atoms with van der Waals surface area (Å²) in [6, 6.07) is 0. The van der Waals surface area contributed by atoms with Crippen molar-refractivity contribution in [1.82, 2.24) is 5.32 Å². The van der Waals surface area contributed by atoms with Crippen LogP contribution in [0.4, 0.5) is 0 Å². The summed E-state index contributed by atoms with van der Waals surface area (Å²) in [6.45, 7) is 6.39. The number of hydrogen-bond donors (Lipinski definition) is 1. The van der Waals surface area contributed by atoms with Crippen LogP contribution in [-0.2, 0) is 0 Å². The van der Waals surface area contributed by atoms with Crippen molar-refractivity contribution in [3.05, 3.63) is 0 Å². The van der Waals surface area contributed by atoms with Crippen LogP contribution in [-0.4, -0.2) is 18.6 Å². The molecule has 40 valence electrons. The van der Waals surface area contributed by atoms with Gasteiger partial charge in [-0.05, 0) is 13.1 Å². The van der Waals surface area contributed by atoms with Gasteiger partial charge in [-0.2, -0.15) is 0 Å². The molecule has 0 bridgehead atoms. The molecule has 0 rings (SSSR count). The third-order valence-corrected chi connectivity index (χ3v) is 0.500. The molecule has 0 unspecified atom stereocenters. The summed E-state index contributed by atoms with van der Waals surface area (Å²) in [5.41, 5.74) is 0. The monoisotopic (exact) mass is 113 g/mol. The fourth-order valence-corrected chi connectivity index (χ4v) is 0.250. The van der Waals surface area contributed by atoms with Gasteiger partial charge in [-0.25, -0.2) is 0 Å². The van der Waals surface area contributed by atoms with E-state index in [4.69, 9.17) is 0 Å². The summed E-state index contributed by atoms with van der Waals surface area (Å²) < 4.78 is 0. The van der Waals surface area contributed by atoms with Crippen LogP contribution in [0, 0.1) is 0 Å². The molecule has 0 spiro atoms. The fraction of sp³-hybridized carbons (Fsp3) is 1.00. The van der Waals surface area contributed by atoms with Crippen molar-refractivity contribution in [2.24, 2.45) is 0 Å². The van der Waals surface area contributed by atoms with Crippen LogP contribution in [0.1, 0.15) is 13.8 Å². The summed E-state index contributed by atoms with van der Waals surface area (Å²) in [7, 11) is 0. The van der Waals surface area contributed by atoms with E-state index in [-0.39, 0.29) is 35.0 Å². The van der Waals surface area contributed by atoms with Gasteiger partial charge < -0.3 is 10.8 Å². The molecule has 0 radical (unpaired) electrons. The zero-order chi connectivity index (χ0) is 4.12. The SMILES string of the molecule is CCNCC.[Na+].[OH-]. The molecule has 2 N–H and O–H groups in total. The van der Waals surface area contributed by atoms with Crippen LogP contribution >= 0.6 is 0 Å². The Bertz CT molecular complexity index is 19.2. The largest absolute Gasteiger partial charge is 1.00 e. The zero-order valence-corrected chi connectivity index (χ0v) is 7.36. The smallest absolute Gasteiger partial charge is 0.870 e. The van der Waals surface area contributed by atoms with Crippen LogP contribution < -0.4 is 34.9 Å². The Morgan fingerprint density at radius 2 is 1.43 bits per heavy atom. The molecule has 0 aromatic heterocycles. The molecule has 0 aliphatic carbocycles. The standard InChI is InChI=1S/C4H11N.Na.H2O/c1-3-5-4-2;;/h5H,3-4H2,1-2H3;;1H2/q;+1;/p-1. The third-order valence-electron chi connectivity index (χ3n) is 0.500. The van der Waals surface area contributed by atoms with E-state index < -0.39 is 0 Å². The van der Waals surface area contributed by atoms with Crippen molar-refractivity contribution < 1.29 is 35.0 Å². The maximum Gasteiger partial charge on any atom is 1.00 e. The Hall–Kier alpha value is 0.920. The number of rotatable bonds is 2. The average molecular weight is 113 g/mol. The van der Waals surface area contributed by atoms with Crippen LogP contribution in [0.15, 0.2) is 0 Å². The molecule has 0 saturated heterocycles. The van der Waals surface area contributed by atoms with Gasteiger partial charge in [0.2, 0.25) is 0 Å². The van der Waals surface area contributed by atoms with Gasteiger partial charge in [-0.1, -0.05) is 13.8 Å². The summed E-state index contributed by atoms with van der Waals surface area (Å²) in [4.78, 5) is 0.